The van der Waals surface area contributed by atoms with Gasteiger partial charge in [-0.25, -0.2) is 9.97 Å². The lowest BCUT2D eigenvalue weighted by Gasteiger charge is -2.11. The number of nitrogens with one attached hydrogen (secondary N) is 1. The zero-order chi connectivity index (χ0) is 18.3. The Bertz CT molecular complexity index is 928. The predicted molar refractivity (Wildman–Crippen MR) is 98.5 cm³/mol. The Kier molecular flexibility index (Phi) is 4.34. The minimum Gasteiger partial charge on any atom is -0.351 e. The summed E-state index contributed by atoms with van der Waals surface area (Å²) >= 11 is 0. The van der Waals surface area contributed by atoms with Crippen LogP contribution in [0.5, 0.6) is 0 Å². The number of carbonyl (C=O) groups is 1. The highest BCUT2D eigenvalue weighted by atomic mass is 16.2. The molecule has 2 aliphatic rings. The van der Waals surface area contributed by atoms with E-state index in [4.69, 9.17) is 0 Å². The van der Waals surface area contributed by atoms with Crippen molar-refractivity contribution in [3.63, 3.8) is 0 Å². The van der Waals surface area contributed by atoms with E-state index in [0.717, 1.165) is 49.3 Å². The molecule has 1 N–H and O–H groups in total. The van der Waals surface area contributed by atoms with E-state index in [0.29, 0.717) is 18.5 Å². The number of hydrogen-bond acceptors (Lipinski definition) is 4. The van der Waals surface area contributed by atoms with E-state index in [1.165, 1.54) is 5.56 Å². The fraction of sp³-hybridized carbons (Fsp3) is 0.500. The van der Waals surface area contributed by atoms with Crippen LogP contribution >= 0.6 is 0 Å². The number of aryl methyl sites for hydroxylation is 3. The normalized spacial score (nSPS) is 15.8. The third kappa shape index (κ3) is 3.16. The molecule has 136 valence electrons. The van der Waals surface area contributed by atoms with E-state index in [1.807, 2.05) is 13.0 Å². The molecule has 0 aromatic carbocycles. The zero-order valence-corrected chi connectivity index (χ0v) is 15.3. The Morgan fingerprint density at radius 3 is 2.85 bits per heavy atom. The van der Waals surface area contributed by atoms with E-state index in [1.54, 1.807) is 17.7 Å². The Morgan fingerprint density at radius 2 is 2.08 bits per heavy atom. The molecule has 2 aliphatic carbocycles. The van der Waals surface area contributed by atoms with Crippen molar-refractivity contribution in [3.8, 4) is 0 Å². The number of amides is 1. The average Bonchev–Trinajstić information content (AvgIpc) is 3.32. The van der Waals surface area contributed by atoms with Crippen LogP contribution in [0.15, 0.2) is 17.1 Å². The van der Waals surface area contributed by atoms with Gasteiger partial charge in [-0.2, -0.15) is 0 Å². The first-order chi connectivity index (χ1) is 12.5. The minimum atomic E-state index is -0.305. The third-order valence-electron chi connectivity index (χ3n) is 5.32. The summed E-state index contributed by atoms with van der Waals surface area (Å²) in [6.07, 6.45) is 7.63. The molecular weight excluding hydrogens is 328 g/mol. The lowest BCUT2D eigenvalue weighted by molar-refractivity contribution is 0.0951. The number of pyridine rings is 1. The third-order valence-corrected chi connectivity index (χ3v) is 5.32. The summed E-state index contributed by atoms with van der Waals surface area (Å²) in [6.45, 7) is 4.26. The van der Waals surface area contributed by atoms with Crippen molar-refractivity contribution in [1.29, 1.82) is 0 Å². The SMILES string of the molecule is Cc1ccn(C2CC2)c(=O)c1C(=O)NCCc1nc(C)c2c(n1)CCC2. The highest BCUT2D eigenvalue weighted by molar-refractivity contribution is 5.95. The smallest absolute Gasteiger partial charge is 0.263 e. The molecule has 0 spiro atoms. The highest BCUT2D eigenvalue weighted by Gasteiger charge is 2.27. The fourth-order valence-electron chi connectivity index (χ4n) is 3.73. The number of rotatable bonds is 5. The van der Waals surface area contributed by atoms with Crippen molar-refractivity contribution >= 4 is 5.91 Å². The van der Waals surface area contributed by atoms with E-state index < -0.39 is 0 Å². The largest absolute Gasteiger partial charge is 0.351 e. The molecule has 0 unspecified atom stereocenters. The van der Waals surface area contributed by atoms with E-state index >= 15 is 0 Å². The van der Waals surface area contributed by atoms with Crippen molar-refractivity contribution in [3.05, 3.63) is 56.5 Å². The monoisotopic (exact) mass is 352 g/mol. The van der Waals surface area contributed by atoms with E-state index in [9.17, 15) is 9.59 Å². The molecule has 0 radical (unpaired) electrons. The number of nitrogens with zero attached hydrogens (tertiary/aromatic N) is 3. The molecule has 1 saturated carbocycles. The van der Waals surface area contributed by atoms with Crippen LogP contribution in [0.4, 0.5) is 0 Å². The first-order valence-electron chi connectivity index (χ1n) is 9.40. The first kappa shape index (κ1) is 16.9. The van der Waals surface area contributed by atoms with Gasteiger partial charge in [-0.1, -0.05) is 0 Å². The zero-order valence-electron chi connectivity index (χ0n) is 15.3. The van der Waals surface area contributed by atoms with Gasteiger partial charge in [0.05, 0.1) is 0 Å². The lowest BCUT2D eigenvalue weighted by Crippen LogP contribution is -2.34. The van der Waals surface area contributed by atoms with E-state index in [-0.39, 0.29) is 23.1 Å². The maximum absolute atomic E-state index is 12.6. The molecular formula is C20H24N4O2. The predicted octanol–water partition coefficient (Wildman–Crippen LogP) is 2.05. The molecule has 6 heteroatoms. The van der Waals surface area contributed by atoms with Gasteiger partial charge in [0.15, 0.2) is 0 Å². The first-order valence-corrected chi connectivity index (χ1v) is 9.40. The van der Waals surface area contributed by atoms with Crippen LogP contribution in [-0.2, 0) is 19.3 Å². The van der Waals surface area contributed by atoms with Crippen LogP contribution in [-0.4, -0.2) is 27.0 Å². The second-order valence-corrected chi connectivity index (χ2v) is 7.33. The van der Waals surface area contributed by atoms with Gasteiger partial charge in [0.2, 0.25) is 0 Å². The van der Waals surface area contributed by atoms with Gasteiger partial charge in [-0.05, 0) is 63.1 Å². The van der Waals surface area contributed by atoms with Crippen LogP contribution in [0.2, 0.25) is 0 Å². The van der Waals surface area contributed by atoms with Gasteiger partial charge in [0, 0.05) is 36.6 Å². The molecule has 4 rings (SSSR count). The Morgan fingerprint density at radius 1 is 1.27 bits per heavy atom. The van der Waals surface area contributed by atoms with Crippen molar-refractivity contribution in [2.24, 2.45) is 0 Å². The van der Waals surface area contributed by atoms with E-state index in [2.05, 4.69) is 15.3 Å². The van der Waals surface area contributed by atoms with Crippen molar-refractivity contribution < 1.29 is 4.79 Å². The summed E-state index contributed by atoms with van der Waals surface area (Å²) in [5, 5.41) is 2.87. The fourth-order valence-corrected chi connectivity index (χ4v) is 3.73. The average molecular weight is 352 g/mol. The number of carbonyl (C=O) groups excluding carboxylic acids is 1. The quantitative estimate of drug-likeness (QED) is 0.893. The van der Waals surface area contributed by atoms with Crippen LogP contribution in [0.3, 0.4) is 0 Å². The van der Waals surface area contributed by atoms with Crippen LogP contribution in [0, 0.1) is 13.8 Å². The van der Waals surface area contributed by atoms with Crippen molar-refractivity contribution in [2.45, 2.75) is 58.4 Å². The van der Waals surface area contributed by atoms with Gasteiger partial charge >= 0.3 is 0 Å². The topological polar surface area (TPSA) is 76.9 Å². The number of aromatic nitrogens is 3. The van der Waals surface area contributed by atoms with Gasteiger partial charge in [0.1, 0.15) is 11.4 Å². The Labute approximate surface area is 152 Å². The Hall–Kier alpha value is -2.50. The maximum atomic E-state index is 12.6. The lowest BCUT2D eigenvalue weighted by atomic mass is 10.1. The summed E-state index contributed by atoms with van der Waals surface area (Å²) in [5.74, 6) is 0.462. The van der Waals surface area contributed by atoms with Crippen LogP contribution < -0.4 is 10.9 Å². The van der Waals surface area contributed by atoms with Gasteiger partial charge < -0.3 is 9.88 Å². The van der Waals surface area contributed by atoms with Gasteiger partial charge in [-0.3, -0.25) is 9.59 Å². The van der Waals surface area contributed by atoms with Crippen molar-refractivity contribution in [2.75, 3.05) is 6.54 Å². The van der Waals surface area contributed by atoms with Gasteiger partial charge in [-0.15, -0.1) is 0 Å². The summed E-state index contributed by atoms with van der Waals surface area (Å²) in [6, 6.07) is 2.11. The van der Waals surface area contributed by atoms with Gasteiger partial charge in [0.25, 0.3) is 11.5 Å². The second-order valence-electron chi connectivity index (χ2n) is 7.33. The highest BCUT2D eigenvalue weighted by Crippen LogP contribution is 2.33. The molecule has 2 heterocycles. The summed E-state index contributed by atoms with van der Waals surface area (Å²) in [7, 11) is 0. The molecule has 1 fully saturated rings. The molecule has 6 nitrogen and oxygen atoms in total. The molecule has 2 aromatic rings. The molecule has 0 saturated heterocycles. The minimum absolute atomic E-state index is 0.186. The molecule has 2 aromatic heterocycles. The maximum Gasteiger partial charge on any atom is 0.263 e. The van der Waals surface area contributed by atoms with Crippen molar-refractivity contribution in [1.82, 2.24) is 19.9 Å². The summed E-state index contributed by atoms with van der Waals surface area (Å²) in [5.41, 5.74) is 4.29. The molecule has 0 bridgehead atoms. The Balaban J connectivity index is 1.44. The summed E-state index contributed by atoms with van der Waals surface area (Å²) < 4.78 is 1.69. The molecule has 0 atom stereocenters. The molecule has 1 amide bonds. The number of fused-ring (bicyclic) bond motifs is 1. The standard InChI is InChI=1S/C20H24N4O2/c1-12-9-11-24(14-6-7-14)20(26)18(12)19(25)21-10-8-17-22-13(2)15-4-3-5-16(15)23-17/h9,11,14H,3-8,10H2,1-2H3,(H,21,25). The molecule has 26 heavy (non-hydrogen) atoms. The molecule has 0 aliphatic heterocycles. The summed E-state index contributed by atoms with van der Waals surface area (Å²) in [4.78, 5) is 34.4. The number of hydrogen-bond donors (Lipinski definition) is 1. The van der Waals surface area contributed by atoms with Crippen LogP contribution in [0.1, 0.15) is 64.0 Å². The van der Waals surface area contributed by atoms with Crippen LogP contribution in [0.25, 0.3) is 0 Å². The second kappa shape index (κ2) is 6.67.